The average molecular weight is 493 g/mol. The molecule has 1 atom stereocenters. The number of hydrogen-bond acceptors (Lipinski definition) is 6. The second-order valence-corrected chi connectivity index (χ2v) is 8.55. The molecule has 0 bridgehead atoms. The highest BCUT2D eigenvalue weighted by Gasteiger charge is 2.41. The standard InChI is InChI=1S/C26H22F3N5O2/c27-26(28,29)22-11-12-34(33-22)24-21(19-6-1-3-16(13-19)7-10-23(35)36)15-30-25(32-24)31-20-9-8-17-4-2-5-18(17)14-20/h1,3,6-15,22,33H,2,4-5H2,(H,35,36)(H,30,31,32)/b10-7+. The van der Waals surface area contributed by atoms with E-state index < -0.39 is 18.2 Å². The van der Waals surface area contributed by atoms with Gasteiger partial charge < -0.3 is 10.4 Å². The minimum Gasteiger partial charge on any atom is -0.478 e. The minimum atomic E-state index is -4.47. The fourth-order valence-electron chi connectivity index (χ4n) is 4.30. The van der Waals surface area contributed by atoms with Gasteiger partial charge in [-0.05, 0) is 71.9 Å². The second-order valence-electron chi connectivity index (χ2n) is 8.55. The number of aliphatic carboxylic acids is 1. The van der Waals surface area contributed by atoms with Crippen LogP contribution in [0.2, 0.25) is 0 Å². The van der Waals surface area contributed by atoms with Gasteiger partial charge in [0.05, 0.1) is 0 Å². The monoisotopic (exact) mass is 493 g/mol. The van der Waals surface area contributed by atoms with E-state index in [1.54, 1.807) is 24.3 Å². The summed E-state index contributed by atoms with van der Waals surface area (Å²) < 4.78 is 39.9. The number of carbonyl (C=O) groups is 1. The van der Waals surface area contributed by atoms with Crippen molar-refractivity contribution in [2.75, 3.05) is 10.3 Å². The molecule has 1 aliphatic heterocycles. The molecule has 1 aromatic heterocycles. The molecule has 184 valence electrons. The Hall–Kier alpha value is -4.18. The molecule has 2 aromatic carbocycles. The summed E-state index contributed by atoms with van der Waals surface area (Å²) in [5.74, 6) is -0.633. The first-order valence-corrected chi connectivity index (χ1v) is 11.3. The summed E-state index contributed by atoms with van der Waals surface area (Å²) >= 11 is 0. The van der Waals surface area contributed by atoms with Crippen molar-refractivity contribution in [1.29, 1.82) is 0 Å². The highest BCUT2D eigenvalue weighted by molar-refractivity contribution is 5.86. The molecule has 0 radical (unpaired) electrons. The number of aryl methyl sites for hydroxylation is 2. The molecule has 10 heteroatoms. The smallest absolute Gasteiger partial charge is 0.409 e. The van der Waals surface area contributed by atoms with Crippen LogP contribution in [-0.4, -0.2) is 33.3 Å². The zero-order valence-electron chi connectivity index (χ0n) is 19.0. The Kier molecular flexibility index (Phi) is 6.19. The Bertz CT molecular complexity index is 1370. The Labute approximate surface area is 205 Å². The van der Waals surface area contributed by atoms with Crippen molar-refractivity contribution in [3.05, 3.63) is 83.7 Å². The van der Waals surface area contributed by atoms with Gasteiger partial charge in [-0.2, -0.15) is 18.2 Å². The summed E-state index contributed by atoms with van der Waals surface area (Å²) in [5, 5.41) is 13.3. The van der Waals surface area contributed by atoms with Crippen molar-refractivity contribution in [2.24, 2.45) is 0 Å². The van der Waals surface area contributed by atoms with E-state index in [4.69, 9.17) is 5.11 Å². The van der Waals surface area contributed by atoms with E-state index in [-0.39, 0.29) is 11.8 Å². The average Bonchev–Trinajstić information content (AvgIpc) is 3.52. The maximum absolute atomic E-state index is 13.3. The van der Waals surface area contributed by atoms with E-state index in [2.05, 4.69) is 26.8 Å². The lowest BCUT2D eigenvalue weighted by Crippen LogP contribution is -2.44. The molecule has 0 spiro atoms. The number of carboxylic acid groups (broad SMARTS) is 1. The summed E-state index contributed by atoms with van der Waals surface area (Å²) in [6.07, 6.45) is 5.00. The van der Waals surface area contributed by atoms with Gasteiger partial charge in [0.15, 0.2) is 5.82 Å². The van der Waals surface area contributed by atoms with Crippen LogP contribution in [-0.2, 0) is 17.6 Å². The number of alkyl halides is 3. The Balaban J connectivity index is 1.51. The number of hydrazine groups is 1. The predicted octanol–water partition coefficient (Wildman–Crippen LogP) is 5.24. The van der Waals surface area contributed by atoms with Crippen molar-refractivity contribution < 1.29 is 23.1 Å². The molecule has 3 N–H and O–H groups in total. The van der Waals surface area contributed by atoms with Gasteiger partial charge in [-0.25, -0.2) is 15.2 Å². The Morgan fingerprint density at radius 3 is 2.78 bits per heavy atom. The number of rotatable bonds is 6. The number of fused-ring (bicyclic) bond motifs is 1. The summed E-state index contributed by atoms with van der Waals surface area (Å²) in [7, 11) is 0. The van der Waals surface area contributed by atoms with Crippen LogP contribution >= 0.6 is 0 Å². The lowest BCUT2D eigenvalue weighted by Gasteiger charge is -2.23. The number of hydrogen-bond donors (Lipinski definition) is 3. The Morgan fingerprint density at radius 1 is 1.17 bits per heavy atom. The maximum atomic E-state index is 13.3. The maximum Gasteiger partial charge on any atom is 0.409 e. The first kappa shape index (κ1) is 23.6. The third-order valence-electron chi connectivity index (χ3n) is 6.03. The molecule has 2 heterocycles. The third-order valence-corrected chi connectivity index (χ3v) is 6.03. The fourth-order valence-corrected chi connectivity index (χ4v) is 4.30. The van der Waals surface area contributed by atoms with Crippen LogP contribution in [0, 0.1) is 0 Å². The highest BCUT2D eigenvalue weighted by atomic mass is 19.4. The molecule has 1 aliphatic carbocycles. The molecule has 2 aliphatic rings. The van der Waals surface area contributed by atoms with Crippen molar-refractivity contribution in [3.8, 4) is 11.1 Å². The number of carboxylic acids is 1. The summed E-state index contributed by atoms with van der Waals surface area (Å²) in [6, 6.07) is 11.1. The predicted molar refractivity (Wildman–Crippen MR) is 130 cm³/mol. The van der Waals surface area contributed by atoms with E-state index in [1.165, 1.54) is 34.6 Å². The van der Waals surface area contributed by atoms with Crippen LogP contribution in [0.15, 0.2) is 67.0 Å². The van der Waals surface area contributed by atoms with E-state index in [9.17, 15) is 18.0 Å². The lowest BCUT2D eigenvalue weighted by molar-refractivity contribution is -0.142. The van der Waals surface area contributed by atoms with Crippen LogP contribution < -0.4 is 15.8 Å². The SMILES string of the molecule is O=C(O)/C=C/c1cccc(-c2cnc(Nc3ccc4c(c3)CCC4)nc2N2C=CC(C(F)(F)F)N2)c1. The number of nitrogens with zero attached hydrogens (tertiary/aromatic N) is 3. The van der Waals surface area contributed by atoms with Gasteiger partial charge in [0.1, 0.15) is 6.04 Å². The zero-order valence-corrected chi connectivity index (χ0v) is 19.0. The van der Waals surface area contributed by atoms with Crippen LogP contribution in [0.4, 0.5) is 30.6 Å². The van der Waals surface area contributed by atoms with Crippen molar-refractivity contribution >= 4 is 29.5 Å². The van der Waals surface area contributed by atoms with Crippen LogP contribution in [0.5, 0.6) is 0 Å². The molecule has 0 saturated heterocycles. The van der Waals surface area contributed by atoms with E-state index >= 15 is 0 Å². The molecule has 3 aromatic rings. The molecule has 36 heavy (non-hydrogen) atoms. The van der Waals surface area contributed by atoms with Crippen LogP contribution in [0.25, 0.3) is 17.2 Å². The van der Waals surface area contributed by atoms with Gasteiger partial charge in [-0.15, -0.1) is 0 Å². The first-order chi connectivity index (χ1) is 17.3. The summed E-state index contributed by atoms with van der Waals surface area (Å²) in [6.45, 7) is 0. The molecule has 1 unspecified atom stereocenters. The molecular formula is C26H22F3N5O2. The van der Waals surface area contributed by atoms with Gasteiger partial charge in [0.25, 0.3) is 0 Å². The number of nitrogens with one attached hydrogen (secondary N) is 2. The molecule has 7 nitrogen and oxygen atoms in total. The van der Waals surface area contributed by atoms with Gasteiger partial charge in [-0.3, -0.25) is 5.01 Å². The van der Waals surface area contributed by atoms with Gasteiger partial charge in [-0.1, -0.05) is 24.3 Å². The fraction of sp³-hybridized carbons (Fsp3) is 0.192. The van der Waals surface area contributed by atoms with Gasteiger partial charge in [0, 0.05) is 29.7 Å². The Morgan fingerprint density at radius 2 is 2.00 bits per heavy atom. The molecule has 0 amide bonds. The number of anilines is 3. The van der Waals surface area contributed by atoms with Crippen molar-refractivity contribution in [1.82, 2.24) is 15.4 Å². The third kappa shape index (κ3) is 5.08. The summed E-state index contributed by atoms with van der Waals surface area (Å²) in [5.41, 5.74) is 7.51. The van der Waals surface area contributed by atoms with Crippen LogP contribution in [0.3, 0.4) is 0 Å². The van der Waals surface area contributed by atoms with Crippen molar-refractivity contribution in [3.63, 3.8) is 0 Å². The second kappa shape index (κ2) is 9.46. The molecule has 5 rings (SSSR count). The largest absolute Gasteiger partial charge is 0.478 e. The quantitative estimate of drug-likeness (QED) is 0.405. The van der Waals surface area contributed by atoms with E-state index in [0.717, 1.165) is 37.1 Å². The molecule has 0 saturated carbocycles. The first-order valence-electron chi connectivity index (χ1n) is 11.3. The topological polar surface area (TPSA) is 90.4 Å². The van der Waals surface area contributed by atoms with Crippen molar-refractivity contribution in [2.45, 2.75) is 31.5 Å². The van der Waals surface area contributed by atoms with E-state index in [0.29, 0.717) is 16.7 Å². The summed E-state index contributed by atoms with van der Waals surface area (Å²) in [4.78, 5) is 19.9. The molecule has 0 fully saturated rings. The van der Waals surface area contributed by atoms with E-state index in [1.807, 2.05) is 12.1 Å². The van der Waals surface area contributed by atoms with Crippen LogP contribution in [0.1, 0.15) is 23.1 Å². The normalized spacial score (nSPS) is 17.1. The highest BCUT2D eigenvalue weighted by Crippen LogP contribution is 2.34. The number of aromatic nitrogens is 2. The number of halogens is 3. The van der Waals surface area contributed by atoms with Gasteiger partial charge in [0.2, 0.25) is 5.95 Å². The lowest BCUT2D eigenvalue weighted by atomic mass is 10.0. The minimum absolute atomic E-state index is 0.219. The van der Waals surface area contributed by atoms with Gasteiger partial charge >= 0.3 is 12.1 Å². The molecular weight excluding hydrogens is 471 g/mol. The number of benzene rings is 2. The zero-order chi connectivity index (χ0) is 25.3.